The van der Waals surface area contributed by atoms with Gasteiger partial charge in [0.25, 0.3) is 0 Å². The smallest absolute Gasteiger partial charge is 0.410 e. The molecule has 6 nitrogen and oxygen atoms in total. The monoisotopic (exact) mass is 328 g/mol. The second-order valence-corrected chi connectivity index (χ2v) is 6.92. The maximum atomic E-state index is 12.1. The number of anilines is 1. The summed E-state index contributed by atoms with van der Waals surface area (Å²) in [5, 5.41) is 4.23. The number of hydrogen-bond donors (Lipinski definition) is 0. The zero-order chi connectivity index (χ0) is 17.2. The van der Waals surface area contributed by atoms with Crippen molar-refractivity contribution in [1.82, 2.24) is 14.7 Å². The molecule has 1 amide bonds. The number of carbonyl (C=O) groups is 1. The van der Waals surface area contributed by atoms with Crippen molar-refractivity contribution in [2.75, 3.05) is 31.1 Å². The maximum absolute atomic E-state index is 12.1. The van der Waals surface area contributed by atoms with Crippen molar-refractivity contribution in [2.24, 2.45) is 0 Å². The quantitative estimate of drug-likeness (QED) is 0.850. The summed E-state index contributed by atoms with van der Waals surface area (Å²) in [6.45, 7) is 8.64. The highest BCUT2D eigenvalue weighted by molar-refractivity contribution is 5.68. The lowest BCUT2D eigenvalue weighted by Crippen LogP contribution is -2.50. The average Bonchev–Trinajstić information content (AvgIpc) is 3.08. The van der Waals surface area contributed by atoms with Gasteiger partial charge in [-0.2, -0.15) is 5.10 Å². The summed E-state index contributed by atoms with van der Waals surface area (Å²) in [6.07, 6.45) is 3.47. The normalized spacial score (nSPS) is 15.5. The van der Waals surface area contributed by atoms with Crippen LogP contribution < -0.4 is 4.90 Å². The molecule has 128 valence electrons. The minimum atomic E-state index is -0.448. The Morgan fingerprint density at radius 1 is 1.04 bits per heavy atom. The molecular weight excluding hydrogens is 304 g/mol. The number of benzene rings is 1. The largest absolute Gasteiger partial charge is 0.444 e. The van der Waals surface area contributed by atoms with Crippen LogP contribution in [0.5, 0.6) is 0 Å². The molecule has 1 fully saturated rings. The second kappa shape index (κ2) is 6.55. The first kappa shape index (κ1) is 16.4. The van der Waals surface area contributed by atoms with E-state index >= 15 is 0 Å². The minimum Gasteiger partial charge on any atom is -0.444 e. The van der Waals surface area contributed by atoms with Crippen LogP contribution in [0.2, 0.25) is 0 Å². The number of carbonyl (C=O) groups excluding carboxylic acids is 1. The predicted molar refractivity (Wildman–Crippen MR) is 93.6 cm³/mol. The molecule has 0 spiro atoms. The van der Waals surface area contributed by atoms with E-state index in [9.17, 15) is 4.79 Å². The molecule has 1 aliphatic rings. The molecule has 0 N–H and O–H groups in total. The van der Waals surface area contributed by atoms with Gasteiger partial charge < -0.3 is 14.5 Å². The van der Waals surface area contributed by atoms with E-state index in [0.717, 1.165) is 24.5 Å². The number of hydrogen-bond acceptors (Lipinski definition) is 4. The van der Waals surface area contributed by atoms with Crippen molar-refractivity contribution in [2.45, 2.75) is 26.4 Å². The third-order valence-electron chi connectivity index (χ3n) is 3.92. The first-order valence-electron chi connectivity index (χ1n) is 8.25. The van der Waals surface area contributed by atoms with Gasteiger partial charge in [0.2, 0.25) is 0 Å². The molecule has 1 saturated heterocycles. The summed E-state index contributed by atoms with van der Waals surface area (Å²) in [7, 11) is 0. The Morgan fingerprint density at radius 3 is 2.21 bits per heavy atom. The standard InChI is InChI=1S/C18H24N4O2/c1-18(2,3)24-17(23)21-13-11-20(12-14-21)15-5-7-16(8-6-15)22-10-4-9-19-22/h4-10H,11-14H2,1-3H3. The van der Waals surface area contributed by atoms with Gasteiger partial charge in [0, 0.05) is 44.3 Å². The number of aromatic nitrogens is 2. The van der Waals surface area contributed by atoms with E-state index in [0.29, 0.717) is 13.1 Å². The van der Waals surface area contributed by atoms with Gasteiger partial charge in [0.1, 0.15) is 5.60 Å². The number of nitrogens with zero attached hydrogens (tertiary/aromatic N) is 4. The molecule has 0 unspecified atom stereocenters. The fourth-order valence-corrected chi connectivity index (χ4v) is 2.71. The highest BCUT2D eigenvalue weighted by Gasteiger charge is 2.25. The molecule has 3 rings (SSSR count). The van der Waals surface area contributed by atoms with Gasteiger partial charge in [-0.1, -0.05) is 0 Å². The fraction of sp³-hybridized carbons (Fsp3) is 0.444. The molecule has 2 aromatic rings. The molecular formula is C18H24N4O2. The average molecular weight is 328 g/mol. The van der Waals surface area contributed by atoms with E-state index in [-0.39, 0.29) is 6.09 Å². The fourth-order valence-electron chi connectivity index (χ4n) is 2.71. The Labute approximate surface area is 142 Å². The van der Waals surface area contributed by atoms with Crippen LogP contribution in [0.3, 0.4) is 0 Å². The van der Waals surface area contributed by atoms with Gasteiger partial charge >= 0.3 is 6.09 Å². The van der Waals surface area contributed by atoms with Crippen LogP contribution in [-0.4, -0.2) is 52.6 Å². The lowest BCUT2D eigenvalue weighted by atomic mass is 10.2. The van der Waals surface area contributed by atoms with Crippen LogP contribution in [0.4, 0.5) is 10.5 Å². The maximum Gasteiger partial charge on any atom is 0.410 e. The summed E-state index contributed by atoms with van der Waals surface area (Å²) >= 11 is 0. The van der Waals surface area contributed by atoms with Crippen molar-refractivity contribution in [3.8, 4) is 5.69 Å². The van der Waals surface area contributed by atoms with Gasteiger partial charge in [-0.25, -0.2) is 9.48 Å². The molecule has 6 heteroatoms. The number of piperazine rings is 1. The third kappa shape index (κ3) is 3.88. The van der Waals surface area contributed by atoms with Gasteiger partial charge in [-0.3, -0.25) is 0 Å². The predicted octanol–water partition coefficient (Wildman–Crippen LogP) is 2.93. The zero-order valence-electron chi connectivity index (χ0n) is 14.5. The van der Waals surface area contributed by atoms with E-state index in [1.807, 2.05) is 37.7 Å². The topological polar surface area (TPSA) is 50.6 Å². The Kier molecular flexibility index (Phi) is 4.46. The van der Waals surface area contributed by atoms with Crippen LogP contribution in [0, 0.1) is 0 Å². The highest BCUT2D eigenvalue weighted by Crippen LogP contribution is 2.20. The van der Waals surface area contributed by atoms with Crippen LogP contribution >= 0.6 is 0 Å². The lowest BCUT2D eigenvalue weighted by Gasteiger charge is -2.36. The number of amides is 1. The van der Waals surface area contributed by atoms with Crippen LogP contribution in [0.15, 0.2) is 42.7 Å². The Hall–Kier alpha value is -2.50. The lowest BCUT2D eigenvalue weighted by molar-refractivity contribution is 0.0240. The summed E-state index contributed by atoms with van der Waals surface area (Å²) in [6, 6.07) is 10.2. The van der Waals surface area contributed by atoms with Gasteiger partial charge in [-0.05, 0) is 51.1 Å². The first-order chi connectivity index (χ1) is 11.4. The van der Waals surface area contributed by atoms with Gasteiger partial charge in [-0.15, -0.1) is 0 Å². The molecule has 0 aliphatic carbocycles. The molecule has 1 aliphatic heterocycles. The summed E-state index contributed by atoms with van der Waals surface area (Å²) in [5.74, 6) is 0. The Bertz CT molecular complexity index is 666. The molecule has 0 radical (unpaired) electrons. The van der Waals surface area contributed by atoms with E-state index in [2.05, 4.69) is 34.3 Å². The SMILES string of the molecule is CC(C)(C)OC(=O)N1CCN(c2ccc(-n3cccn3)cc2)CC1. The summed E-state index contributed by atoms with van der Waals surface area (Å²) in [4.78, 5) is 16.2. The molecule has 24 heavy (non-hydrogen) atoms. The molecule has 0 atom stereocenters. The Morgan fingerprint density at radius 2 is 1.67 bits per heavy atom. The molecule has 1 aromatic carbocycles. The van der Waals surface area contributed by atoms with Crippen molar-refractivity contribution in [3.05, 3.63) is 42.7 Å². The number of ether oxygens (including phenoxy) is 1. The highest BCUT2D eigenvalue weighted by atomic mass is 16.6. The molecule has 0 saturated carbocycles. The third-order valence-corrected chi connectivity index (χ3v) is 3.92. The summed E-state index contributed by atoms with van der Waals surface area (Å²) in [5.41, 5.74) is 1.75. The van der Waals surface area contributed by atoms with Crippen LogP contribution in [-0.2, 0) is 4.74 Å². The zero-order valence-corrected chi connectivity index (χ0v) is 14.5. The van der Waals surface area contributed by atoms with Crippen molar-refractivity contribution >= 4 is 11.8 Å². The number of rotatable bonds is 2. The Balaban J connectivity index is 1.58. The van der Waals surface area contributed by atoms with Crippen LogP contribution in [0.1, 0.15) is 20.8 Å². The minimum absolute atomic E-state index is 0.226. The molecule has 1 aromatic heterocycles. The summed E-state index contributed by atoms with van der Waals surface area (Å²) < 4.78 is 7.27. The van der Waals surface area contributed by atoms with E-state index in [1.165, 1.54) is 0 Å². The van der Waals surface area contributed by atoms with E-state index in [1.54, 1.807) is 11.1 Å². The second-order valence-electron chi connectivity index (χ2n) is 6.92. The van der Waals surface area contributed by atoms with E-state index < -0.39 is 5.60 Å². The van der Waals surface area contributed by atoms with Gasteiger partial charge in [0.15, 0.2) is 0 Å². The van der Waals surface area contributed by atoms with E-state index in [4.69, 9.17) is 4.74 Å². The molecule has 0 bridgehead atoms. The first-order valence-corrected chi connectivity index (χ1v) is 8.25. The molecule has 2 heterocycles. The van der Waals surface area contributed by atoms with Crippen molar-refractivity contribution in [1.29, 1.82) is 0 Å². The van der Waals surface area contributed by atoms with Crippen molar-refractivity contribution in [3.63, 3.8) is 0 Å². The van der Waals surface area contributed by atoms with Crippen LogP contribution in [0.25, 0.3) is 5.69 Å². The van der Waals surface area contributed by atoms with Crippen molar-refractivity contribution < 1.29 is 9.53 Å². The van der Waals surface area contributed by atoms with Gasteiger partial charge in [0.05, 0.1) is 5.69 Å².